The predicted molar refractivity (Wildman–Crippen MR) is 50.0 cm³/mol. The summed E-state index contributed by atoms with van der Waals surface area (Å²) in [4.78, 5) is 4.17. The molecule has 0 saturated heterocycles. The van der Waals surface area contributed by atoms with Gasteiger partial charge in [0.15, 0.2) is 0 Å². The van der Waals surface area contributed by atoms with Crippen molar-refractivity contribution >= 4 is 22.9 Å². The van der Waals surface area contributed by atoms with Crippen molar-refractivity contribution in [3.05, 3.63) is 30.1 Å². The lowest BCUT2D eigenvalue weighted by molar-refractivity contribution is 0.895. The smallest absolute Gasteiger partial charge is 0.0416 e. The minimum atomic E-state index is 0.984. The summed E-state index contributed by atoms with van der Waals surface area (Å²) in [6.45, 7) is 0.984. The third kappa shape index (κ3) is 2.62. The van der Waals surface area contributed by atoms with Crippen molar-refractivity contribution in [1.29, 1.82) is 0 Å². The van der Waals surface area contributed by atoms with Crippen LogP contribution in [0, 0.1) is 0 Å². The molecule has 0 aliphatic carbocycles. The Morgan fingerprint density at radius 1 is 1.50 bits per heavy atom. The van der Waals surface area contributed by atoms with Gasteiger partial charge in [0.1, 0.15) is 0 Å². The highest BCUT2D eigenvalue weighted by Gasteiger charge is 1.89. The monoisotopic (exact) mass is 248 g/mol. The third-order valence-electron chi connectivity index (χ3n) is 1.20. The van der Waals surface area contributed by atoms with Crippen molar-refractivity contribution in [3.8, 4) is 0 Å². The number of pyridine rings is 1. The van der Waals surface area contributed by atoms with Gasteiger partial charge < -0.3 is 0 Å². The van der Waals surface area contributed by atoms with Crippen molar-refractivity contribution in [1.82, 2.24) is 8.51 Å². The van der Waals surface area contributed by atoms with E-state index in [0.29, 0.717) is 0 Å². The molecule has 0 fully saturated rings. The summed E-state index contributed by atoms with van der Waals surface area (Å²) < 4.78 is 3.05. The average Bonchev–Trinajstić information content (AvgIpc) is 2.03. The zero-order valence-corrected chi connectivity index (χ0v) is 7.71. The molecule has 0 saturated carbocycles. The molecule has 10 heavy (non-hydrogen) atoms. The van der Waals surface area contributed by atoms with Crippen molar-refractivity contribution < 1.29 is 0 Å². The van der Waals surface area contributed by atoms with E-state index in [9.17, 15) is 0 Å². The molecule has 0 unspecified atom stereocenters. The Bertz CT molecular complexity index is 176. The van der Waals surface area contributed by atoms with Gasteiger partial charge in [0.25, 0.3) is 0 Å². The molecule has 1 aromatic rings. The molecular formula is C7H9IN2. The van der Waals surface area contributed by atoms with Crippen LogP contribution >= 0.6 is 22.9 Å². The second kappa shape index (κ2) is 4.62. The molecule has 1 rings (SSSR count). The van der Waals surface area contributed by atoms with Crippen molar-refractivity contribution in [2.75, 3.05) is 6.54 Å². The molecular weight excluding hydrogens is 239 g/mol. The molecule has 0 atom stereocenters. The summed E-state index contributed by atoms with van der Waals surface area (Å²) in [6, 6.07) is 5.98. The Balaban J connectivity index is 2.43. The predicted octanol–water partition coefficient (Wildman–Crippen LogP) is 1.56. The Morgan fingerprint density at radius 2 is 2.40 bits per heavy atom. The number of aromatic nitrogens is 1. The van der Waals surface area contributed by atoms with E-state index < -0.39 is 0 Å². The number of halogens is 1. The van der Waals surface area contributed by atoms with E-state index in [2.05, 4.69) is 31.4 Å². The summed E-state index contributed by atoms with van der Waals surface area (Å²) in [5.41, 5.74) is 1.15. The molecule has 1 heterocycles. The third-order valence-corrected chi connectivity index (χ3v) is 1.74. The minimum absolute atomic E-state index is 0.984. The van der Waals surface area contributed by atoms with Crippen LogP contribution in [-0.2, 0) is 6.42 Å². The molecule has 0 aliphatic rings. The first-order valence-electron chi connectivity index (χ1n) is 3.17. The lowest BCUT2D eigenvalue weighted by Gasteiger charge is -1.95. The van der Waals surface area contributed by atoms with Gasteiger partial charge in [-0.25, -0.2) is 0 Å². The van der Waals surface area contributed by atoms with Crippen LogP contribution in [0.5, 0.6) is 0 Å². The van der Waals surface area contributed by atoms with Gasteiger partial charge in [-0.15, -0.1) is 0 Å². The first-order chi connectivity index (χ1) is 4.93. The highest BCUT2D eigenvalue weighted by atomic mass is 127. The SMILES string of the molecule is INCCc1ccccn1. The topological polar surface area (TPSA) is 24.9 Å². The highest BCUT2D eigenvalue weighted by molar-refractivity contribution is 14.1. The standard InChI is InChI=1S/C7H9IN2/c8-10-6-4-7-3-1-2-5-9-7/h1-3,5,10H,4,6H2. The largest absolute Gasteiger partial charge is 0.261 e. The zero-order valence-electron chi connectivity index (χ0n) is 5.55. The van der Waals surface area contributed by atoms with Gasteiger partial charge in [-0.3, -0.25) is 8.51 Å². The summed E-state index contributed by atoms with van der Waals surface area (Å²) >= 11 is 2.14. The van der Waals surface area contributed by atoms with E-state index in [4.69, 9.17) is 0 Å². The van der Waals surface area contributed by atoms with Crippen LogP contribution in [0.1, 0.15) is 5.69 Å². The maximum Gasteiger partial charge on any atom is 0.0416 e. The summed E-state index contributed by atoms with van der Waals surface area (Å²) in [6.07, 6.45) is 2.83. The van der Waals surface area contributed by atoms with Crippen LogP contribution in [0.15, 0.2) is 24.4 Å². The highest BCUT2D eigenvalue weighted by Crippen LogP contribution is 1.93. The van der Waals surface area contributed by atoms with E-state index in [1.54, 1.807) is 0 Å². The quantitative estimate of drug-likeness (QED) is 0.648. The van der Waals surface area contributed by atoms with Crippen molar-refractivity contribution in [2.24, 2.45) is 0 Å². The van der Waals surface area contributed by atoms with Crippen molar-refractivity contribution in [2.45, 2.75) is 6.42 Å². The molecule has 54 valence electrons. The number of nitrogens with zero attached hydrogens (tertiary/aromatic N) is 1. The molecule has 0 spiro atoms. The van der Waals surface area contributed by atoms with Crippen molar-refractivity contribution in [3.63, 3.8) is 0 Å². The van der Waals surface area contributed by atoms with Gasteiger partial charge in [-0.2, -0.15) is 0 Å². The van der Waals surface area contributed by atoms with Crippen LogP contribution in [0.3, 0.4) is 0 Å². The molecule has 0 bridgehead atoms. The Labute approximate surface area is 74.5 Å². The summed E-state index contributed by atoms with van der Waals surface area (Å²) in [5.74, 6) is 0. The number of nitrogens with one attached hydrogen (secondary N) is 1. The van der Waals surface area contributed by atoms with Crippen LogP contribution in [0.2, 0.25) is 0 Å². The van der Waals surface area contributed by atoms with E-state index in [0.717, 1.165) is 18.7 Å². The number of rotatable bonds is 3. The summed E-state index contributed by atoms with van der Waals surface area (Å²) in [7, 11) is 0. The maximum atomic E-state index is 4.17. The van der Waals surface area contributed by atoms with E-state index in [-0.39, 0.29) is 0 Å². The Hall–Kier alpha value is -0.160. The average molecular weight is 248 g/mol. The van der Waals surface area contributed by atoms with Gasteiger partial charge in [-0.1, -0.05) is 6.07 Å². The van der Waals surface area contributed by atoms with Crippen LogP contribution in [-0.4, -0.2) is 11.5 Å². The first-order valence-corrected chi connectivity index (χ1v) is 4.25. The molecule has 0 aromatic carbocycles. The fourth-order valence-electron chi connectivity index (χ4n) is 0.721. The molecule has 1 aromatic heterocycles. The Kier molecular flexibility index (Phi) is 3.67. The lowest BCUT2D eigenvalue weighted by atomic mass is 10.3. The zero-order chi connectivity index (χ0) is 7.23. The van der Waals surface area contributed by atoms with E-state index >= 15 is 0 Å². The van der Waals surface area contributed by atoms with E-state index in [1.807, 2.05) is 24.4 Å². The molecule has 2 nitrogen and oxygen atoms in total. The normalized spacial score (nSPS) is 9.70. The molecule has 1 N–H and O–H groups in total. The molecule has 0 aliphatic heterocycles. The fraction of sp³-hybridized carbons (Fsp3) is 0.286. The minimum Gasteiger partial charge on any atom is -0.261 e. The number of hydrogen-bond donors (Lipinski definition) is 1. The molecule has 3 heteroatoms. The lowest BCUT2D eigenvalue weighted by Crippen LogP contribution is -2.04. The maximum absolute atomic E-state index is 4.17. The second-order valence-electron chi connectivity index (χ2n) is 1.95. The van der Waals surface area contributed by atoms with Gasteiger partial charge in [0, 0.05) is 47.7 Å². The van der Waals surface area contributed by atoms with Gasteiger partial charge >= 0.3 is 0 Å². The van der Waals surface area contributed by atoms with E-state index in [1.165, 1.54) is 0 Å². The van der Waals surface area contributed by atoms with Crippen LogP contribution in [0.25, 0.3) is 0 Å². The van der Waals surface area contributed by atoms with Crippen LogP contribution in [0.4, 0.5) is 0 Å². The fourth-order valence-corrected chi connectivity index (χ4v) is 0.991. The number of hydrogen-bond acceptors (Lipinski definition) is 2. The van der Waals surface area contributed by atoms with Gasteiger partial charge in [0.2, 0.25) is 0 Å². The Morgan fingerprint density at radius 3 is 3.00 bits per heavy atom. The second-order valence-corrected chi connectivity index (χ2v) is 2.72. The van der Waals surface area contributed by atoms with Gasteiger partial charge in [0.05, 0.1) is 0 Å². The van der Waals surface area contributed by atoms with Gasteiger partial charge in [-0.05, 0) is 12.1 Å². The molecule has 0 radical (unpaired) electrons. The van der Waals surface area contributed by atoms with Crippen LogP contribution < -0.4 is 3.53 Å². The molecule has 0 amide bonds. The summed E-state index contributed by atoms with van der Waals surface area (Å²) in [5, 5.41) is 0. The first kappa shape index (κ1) is 7.94.